The second-order valence-electron chi connectivity index (χ2n) is 5.69. The van der Waals surface area contributed by atoms with Crippen LogP contribution in [0, 0.1) is 18.3 Å². The number of carbonyl (C=O) groups is 1. The highest BCUT2D eigenvalue weighted by Crippen LogP contribution is 2.35. The number of benzene rings is 1. The van der Waals surface area contributed by atoms with E-state index in [2.05, 4.69) is 24.5 Å². The second-order valence-corrected chi connectivity index (χ2v) is 5.69. The van der Waals surface area contributed by atoms with Crippen LogP contribution in [0.3, 0.4) is 0 Å². The van der Waals surface area contributed by atoms with Crippen molar-refractivity contribution < 1.29 is 9.90 Å². The number of amides is 1. The Balaban J connectivity index is 2.17. The average Bonchev–Trinajstić information content (AvgIpc) is 2.84. The fourth-order valence-corrected chi connectivity index (χ4v) is 2.60. The van der Waals surface area contributed by atoms with Crippen LogP contribution in [0.2, 0.25) is 0 Å². The molecule has 104 valence electrons. The van der Waals surface area contributed by atoms with Gasteiger partial charge in [-0.15, -0.1) is 0 Å². The first kappa shape index (κ1) is 13.9. The minimum atomic E-state index is -0.347. The summed E-state index contributed by atoms with van der Waals surface area (Å²) < 4.78 is 0. The monoisotopic (exact) mass is 262 g/mol. The highest BCUT2D eigenvalue weighted by atomic mass is 16.3. The van der Waals surface area contributed by atoms with E-state index < -0.39 is 0 Å². The smallest absolute Gasteiger partial charge is 0.232 e. The van der Waals surface area contributed by atoms with E-state index in [9.17, 15) is 9.90 Å². The Kier molecular flexibility index (Phi) is 3.80. The SMILES string of the molecule is Cc1ccc(NC(=O)C2(C(C)C)CCNC2)cc1O. The first-order chi connectivity index (χ1) is 8.95. The highest BCUT2D eigenvalue weighted by molar-refractivity contribution is 5.96. The Morgan fingerprint density at radius 1 is 1.47 bits per heavy atom. The van der Waals surface area contributed by atoms with Gasteiger partial charge in [-0.1, -0.05) is 19.9 Å². The summed E-state index contributed by atoms with van der Waals surface area (Å²) in [4.78, 5) is 12.5. The Labute approximate surface area is 114 Å². The molecule has 4 heteroatoms. The fourth-order valence-electron chi connectivity index (χ4n) is 2.60. The number of nitrogens with one attached hydrogen (secondary N) is 2. The van der Waals surface area contributed by atoms with Crippen molar-refractivity contribution in [2.45, 2.75) is 27.2 Å². The molecule has 0 saturated carbocycles. The topological polar surface area (TPSA) is 61.4 Å². The fraction of sp³-hybridized carbons (Fsp3) is 0.533. The number of hydrogen-bond acceptors (Lipinski definition) is 3. The summed E-state index contributed by atoms with van der Waals surface area (Å²) >= 11 is 0. The van der Waals surface area contributed by atoms with Crippen LogP contribution in [-0.2, 0) is 4.79 Å². The van der Waals surface area contributed by atoms with Crippen molar-refractivity contribution in [2.75, 3.05) is 18.4 Å². The molecular weight excluding hydrogens is 240 g/mol. The molecule has 1 aliphatic rings. The summed E-state index contributed by atoms with van der Waals surface area (Å²) in [5.74, 6) is 0.526. The highest BCUT2D eigenvalue weighted by Gasteiger charge is 2.43. The number of hydrogen-bond donors (Lipinski definition) is 3. The van der Waals surface area contributed by atoms with E-state index in [1.54, 1.807) is 12.1 Å². The van der Waals surface area contributed by atoms with Crippen molar-refractivity contribution in [1.82, 2.24) is 5.32 Å². The summed E-state index contributed by atoms with van der Waals surface area (Å²) in [6.07, 6.45) is 0.855. The molecule has 1 aromatic carbocycles. The Bertz CT molecular complexity index is 477. The number of rotatable bonds is 3. The van der Waals surface area contributed by atoms with Gasteiger partial charge in [-0.3, -0.25) is 4.79 Å². The maximum Gasteiger partial charge on any atom is 0.232 e. The largest absolute Gasteiger partial charge is 0.508 e. The average molecular weight is 262 g/mol. The van der Waals surface area contributed by atoms with Gasteiger partial charge in [0.1, 0.15) is 5.75 Å². The van der Waals surface area contributed by atoms with Crippen molar-refractivity contribution in [2.24, 2.45) is 11.3 Å². The quantitative estimate of drug-likeness (QED) is 0.783. The third-order valence-corrected chi connectivity index (χ3v) is 4.21. The van der Waals surface area contributed by atoms with Gasteiger partial charge in [0.15, 0.2) is 0 Å². The molecule has 1 heterocycles. The van der Waals surface area contributed by atoms with Crippen LogP contribution >= 0.6 is 0 Å². The van der Waals surface area contributed by atoms with Gasteiger partial charge in [0.2, 0.25) is 5.91 Å². The van der Waals surface area contributed by atoms with Gasteiger partial charge < -0.3 is 15.7 Å². The molecule has 1 amide bonds. The lowest BCUT2D eigenvalue weighted by Crippen LogP contribution is -2.42. The van der Waals surface area contributed by atoms with Crippen molar-refractivity contribution >= 4 is 11.6 Å². The van der Waals surface area contributed by atoms with Crippen molar-refractivity contribution in [1.29, 1.82) is 0 Å². The molecule has 1 aliphatic heterocycles. The summed E-state index contributed by atoms with van der Waals surface area (Å²) in [5, 5.41) is 15.9. The van der Waals surface area contributed by atoms with E-state index in [1.165, 1.54) is 0 Å². The standard InChI is InChI=1S/C15H22N2O2/c1-10(2)15(6-7-16-9-15)14(19)17-12-5-4-11(3)13(18)8-12/h4-5,8,10,16,18H,6-7,9H2,1-3H3,(H,17,19). The number of phenols is 1. The number of anilines is 1. The predicted octanol–water partition coefficient (Wildman–Crippen LogP) is 2.27. The van der Waals surface area contributed by atoms with Gasteiger partial charge >= 0.3 is 0 Å². The predicted molar refractivity (Wildman–Crippen MR) is 76.2 cm³/mol. The lowest BCUT2D eigenvalue weighted by atomic mass is 9.75. The Hall–Kier alpha value is -1.55. The zero-order chi connectivity index (χ0) is 14.0. The zero-order valence-electron chi connectivity index (χ0n) is 11.8. The maximum atomic E-state index is 12.5. The zero-order valence-corrected chi connectivity index (χ0v) is 11.8. The second kappa shape index (κ2) is 5.21. The molecule has 0 radical (unpaired) electrons. The molecule has 2 rings (SSSR count). The van der Waals surface area contributed by atoms with Crippen LogP contribution in [0.1, 0.15) is 25.8 Å². The molecule has 1 fully saturated rings. The minimum Gasteiger partial charge on any atom is -0.508 e. The minimum absolute atomic E-state index is 0.0377. The lowest BCUT2D eigenvalue weighted by Gasteiger charge is -2.31. The molecule has 0 spiro atoms. The van der Waals surface area contributed by atoms with E-state index in [1.807, 2.05) is 13.0 Å². The summed E-state index contributed by atoms with van der Waals surface area (Å²) in [5.41, 5.74) is 1.11. The number of carbonyl (C=O) groups excluding carboxylic acids is 1. The molecule has 1 unspecified atom stereocenters. The molecular formula is C15H22N2O2. The van der Waals surface area contributed by atoms with E-state index in [-0.39, 0.29) is 23.0 Å². The van der Waals surface area contributed by atoms with Gasteiger partial charge in [-0.2, -0.15) is 0 Å². The van der Waals surface area contributed by atoms with E-state index in [4.69, 9.17) is 0 Å². The molecule has 0 aliphatic carbocycles. The van der Waals surface area contributed by atoms with Crippen LogP contribution in [0.4, 0.5) is 5.69 Å². The molecule has 0 aromatic heterocycles. The molecule has 1 saturated heterocycles. The third kappa shape index (κ3) is 2.59. The number of aromatic hydroxyl groups is 1. The van der Waals surface area contributed by atoms with Gasteiger partial charge in [-0.05, 0) is 37.4 Å². The van der Waals surface area contributed by atoms with Gasteiger partial charge in [0.05, 0.1) is 5.41 Å². The molecule has 4 nitrogen and oxygen atoms in total. The van der Waals surface area contributed by atoms with Crippen LogP contribution < -0.4 is 10.6 Å². The Morgan fingerprint density at radius 2 is 2.21 bits per heavy atom. The first-order valence-electron chi connectivity index (χ1n) is 6.77. The van der Waals surface area contributed by atoms with Gasteiger partial charge in [-0.25, -0.2) is 0 Å². The van der Waals surface area contributed by atoms with E-state index >= 15 is 0 Å². The van der Waals surface area contributed by atoms with Crippen LogP contribution in [0.15, 0.2) is 18.2 Å². The van der Waals surface area contributed by atoms with Crippen LogP contribution in [0.5, 0.6) is 5.75 Å². The molecule has 1 atom stereocenters. The summed E-state index contributed by atoms with van der Waals surface area (Å²) in [6, 6.07) is 5.23. The normalized spacial score (nSPS) is 22.7. The van der Waals surface area contributed by atoms with E-state index in [0.717, 1.165) is 18.5 Å². The Morgan fingerprint density at radius 3 is 2.74 bits per heavy atom. The van der Waals surface area contributed by atoms with Crippen molar-refractivity contribution in [3.05, 3.63) is 23.8 Å². The third-order valence-electron chi connectivity index (χ3n) is 4.21. The summed E-state index contributed by atoms with van der Waals surface area (Å²) in [7, 11) is 0. The van der Waals surface area contributed by atoms with Gasteiger partial charge in [0, 0.05) is 18.3 Å². The van der Waals surface area contributed by atoms with Crippen LogP contribution in [0.25, 0.3) is 0 Å². The summed E-state index contributed by atoms with van der Waals surface area (Å²) in [6.45, 7) is 7.59. The van der Waals surface area contributed by atoms with Gasteiger partial charge in [0.25, 0.3) is 0 Å². The lowest BCUT2D eigenvalue weighted by molar-refractivity contribution is -0.126. The maximum absolute atomic E-state index is 12.5. The molecule has 0 bridgehead atoms. The van der Waals surface area contributed by atoms with Crippen LogP contribution in [-0.4, -0.2) is 24.1 Å². The first-order valence-corrected chi connectivity index (χ1v) is 6.77. The molecule has 3 N–H and O–H groups in total. The molecule has 19 heavy (non-hydrogen) atoms. The number of phenolic OH excluding ortho intramolecular Hbond substituents is 1. The van der Waals surface area contributed by atoms with Crippen molar-refractivity contribution in [3.63, 3.8) is 0 Å². The van der Waals surface area contributed by atoms with Crippen molar-refractivity contribution in [3.8, 4) is 5.75 Å². The molecule has 1 aromatic rings. The van der Waals surface area contributed by atoms with E-state index in [0.29, 0.717) is 12.2 Å². The number of aryl methyl sites for hydroxylation is 1.